The van der Waals surface area contributed by atoms with Crippen LogP contribution >= 0.6 is 23.1 Å². The van der Waals surface area contributed by atoms with E-state index >= 15 is 0 Å². The second-order valence-electron chi connectivity index (χ2n) is 5.97. The lowest BCUT2D eigenvalue weighted by atomic mass is 10.0. The molecular formula is C15H15N5O7S2. The van der Waals surface area contributed by atoms with E-state index in [9.17, 15) is 24.3 Å². The molecule has 0 spiro atoms. The molecule has 3 rings (SSSR count). The van der Waals surface area contributed by atoms with Crippen molar-refractivity contribution in [2.75, 3.05) is 18.1 Å². The van der Waals surface area contributed by atoms with Crippen LogP contribution in [-0.4, -0.2) is 73.3 Å². The van der Waals surface area contributed by atoms with Crippen molar-refractivity contribution in [3.05, 3.63) is 22.3 Å². The fourth-order valence-electron chi connectivity index (χ4n) is 2.74. The van der Waals surface area contributed by atoms with E-state index in [4.69, 9.17) is 10.8 Å². The van der Waals surface area contributed by atoms with Crippen molar-refractivity contribution in [3.8, 4) is 0 Å². The number of carbonyl (C=O) groups is 4. The van der Waals surface area contributed by atoms with Crippen LogP contribution in [0.25, 0.3) is 0 Å². The van der Waals surface area contributed by atoms with Crippen LogP contribution in [0, 0.1) is 0 Å². The average molecular weight is 441 g/mol. The molecule has 0 saturated carbocycles. The average Bonchev–Trinajstić information content (AvgIpc) is 3.08. The van der Waals surface area contributed by atoms with Crippen LogP contribution in [0.1, 0.15) is 12.6 Å². The molecule has 12 nitrogen and oxygen atoms in total. The molecular weight excluding hydrogens is 426 g/mol. The number of oxime groups is 1. The van der Waals surface area contributed by atoms with E-state index in [1.807, 2.05) is 0 Å². The monoisotopic (exact) mass is 441 g/mol. The van der Waals surface area contributed by atoms with Gasteiger partial charge in [0.05, 0.1) is 0 Å². The fourth-order valence-corrected chi connectivity index (χ4v) is 4.58. The molecule has 0 unspecified atom stereocenters. The number of thiazole rings is 1. The number of carboxylic acid groups (broad SMARTS) is 2. The highest BCUT2D eigenvalue weighted by atomic mass is 32.2. The summed E-state index contributed by atoms with van der Waals surface area (Å²) in [6, 6.07) is -0.976. The van der Waals surface area contributed by atoms with Gasteiger partial charge < -0.3 is 26.1 Å². The molecule has 0 aromatic carbocycles. The zero-order chi connectivity index (χ0) is 21.3. The van der Waals surface area contributed by atoms with E-state index in [0.717, 1.165) is 16.2 Å². The summed E-state index contributed by atoms with van der Waals surface area (Å²) < 4.78 is 0. The highest BCUT2D eigenvalue weighted by Crippen LogP contribution is 2.40. The van der Waals surface area contributed by atoms with E-state index < -0.39 is 41.8 Å². The number of nitrogen functional groups attached to an aromatic ring is 1. The topological polar surface area (TPSA) is 185 Å². The SMILES string of the molecule is CC1=C(C(=O)O)N2C(=O)[C@H](NC(=O)/C(=N\OCC(=O)O)c3csc(N)n3)[C@H]2SC1. The largest absolute Gasteiger partial charge is 0.479 e. The van der Waals surface area contributed by atoms with Crippen molar-refractivity contribution >= 4 is 57.7 Å². The Morgan fingerprint density at radius 3 is 2.76 bits per heavy atom. The van der Waals surface area contributed by atoms with Crippen molar-refractivity contribution in [3.63, 3.8) is 0 Å². The highest BCUT2D eigenvalue weighted by Gasteiger charge is 2.54. The van der Waals surface area contributed by atoms with Crippen molar-refractivity contribution in [1.29, 1.82) is 0 Å². The molecule has 14 heteroatoms. The quantitative estimate of drug-likeness (QED) is 0.239. The molecule has 1 aromatic rings. The van der Waals surface area contributed by atoms with Gasteiger partial charge in [0.25, 0.3) is 11.8 Å². The van der Waals surface area contributed by atoms with Gasteiger partial charge in [-0.3, -0.25) is 14.5 Å². The molecule has 2 aliphatic rings. The number of amides is 2. The standard InChI is InChI=1S/C15H15N5O7S2/c1-5-3-28-13-9(12(24)20(13)10(5)14(25)26)18-11(23)8(19-27-2-7(21)22)6-4-29-15(16)17-6/h4,9,13H,2-3H2,1H3,(H2,16,17)(H,18,23)(H,21,22)(H,25,26)/b19-8-/t9-,13+/m0/s1. The number of hydrogen-bond acceptors (Lipinski definition) is 10. The van der Waals surface area contributed by atoms with Gasteiger partial charge in [0, 0.05) is 11.1 Å². The highest BCUT2D eigenvalue weighted by molar-refractivity contribution is 8.00. The maximum atomic E-state index is 12.7. The number of nitrogens with zero attached hydrogens (tertiary/aromatic N) is 3. The summed E-state index contributed by atoms with van der Waals surface area (Å²) in [5, 5.41) is 25.0. The van der Waals surface area contributed by atoms with E-state index in [2.05, 4.69) is 20.3 Å². The summed E-state index contributed by atoms with van der Waals surface area (Å²) in [6.45, 7) is 0.847. The Hall–Kier alpha value is -3.13. The number of anilines is 1. The molecule has 1 aromatic heterocycles. The van der Waals surface area contributed by atoms with Crippen LogP contribution in [0.3, 0.4) is 0 Å². The molecule has 1 saturated heterocycles. The summed E-state index contributed by atoms with van der Waals surface area (Å²) in [5.74, 6) is -3.52. The smallest absolute Gasteiger partial charge is 0.352 e. The minimum Gasteiger partial charge on any atom is -0.479 e. The number of fused-ring (bicyclic) bond motifs is 1. The van der Waals surface area contributed by atoms with E-state index in [0.29, 0.717) is 11.3 Å². The van der Waals surface area contributed by atoms with Gasteiger partial charge in [-0.25, -0.2) is 14.6 Å². The van der Waals surface area contributed by atoms with Gasteiger partial charge in [0.1, 0.15) is 22.8 Å². The number of nitrogens with two attached hydrogens (primary N) is 1. The Morgan fingerprint density at radius 2 is 2.17 bits per heavy atom. The van der Waals surface area contributed by atoms with Crippen LogP contribution < -0.4 is 11.1 Å². The van der Waals surface area contributed by atoms with Crippen LogP contribution in [0.4, 0.5) is 5.13 Å². The molecule has 1 fully saturated rings. The molecule has 0 aliphatic carbocycles. The number of carboxylic acids is 2. The Kier molecular flexibility index (Phi) is 5.74. The number of nitrogens with one attached hydrogen (secondary N) is 1. The van der Waals surface area contributed by atoms with Crippen LogP contribution in [0.2, 0.25) is 0 Å². The van der Waals surface area contributed by atoms with Crippen molar-refractivity contribution < 1.29 is 34.2 Å². The van der Waals surface area contributed by atoms with Gasteiger partial charge in [-0.2, -0.15) is 0 Å². The van der Waals surface area contributed by atoms with E-state index in [1.165, 1.54) is 17.1 Å². The van der Waals surface area contributed by atoms with Gasteiger partial charge in [-0.1, -0.05) is 5.16 Å². The minimum absolute atomic E-state index is 0.0530. The molecule has 2 aliphatic heterocycles. The minimum atomic E-state index is -1.29. The summed E-state index contributed by atoms with van der Waals surface area (Å²) >= 11 is 2.35. The molecule has 0 bridgehead atoms. The van der Waals surface area contributed by atoms with Gasteiger partial charge in [-0.15, -0.1) is 23.1 Å². The lowest BCUT2D eigenvalue weighted by molar-refractivity contribution is -0.150. The maximum Gasteiger partial charge on any atom is 0.352 e. The Balaban J connectivity index is 1.78. The summed E-state index contributed by atoms with van der Waals surface area (Å²) in [4.78, 5) is 56.9. The molecule has 29 heavy (non-hydrogen) atoms. The second-order valence-corrected chi connectivity index (χ2v) is 7.97. The summed E-state index contributed by atoms with van der Waals surface area (Å²) in [5.41, 5.74) is 5.73. The number of carbonyl (C=O) groups excluding carboxylic acids is 2. The van der Waals surface area contributed by atoms with Crippen LogP contribution in [0.5, 0.6) is 0 Å². The first-order valence-corrected chi connectivity index (χ1v) is 9.95. The summed E-state index contributed by atoms with van der Waals surface area (Å²) in [7, 11) is 0. The zero-order valence-electron chi connectivity index (χ0n) is 14.8. The molecule has 2 atom stereocenters. The molecule has 5 N–H and O–H groups in total. The van der Waals surface area contributed by atoms with Crippen LogP contribution in [-0.2, 0) is 24.0 Å². The first-order chi connectivity index (χ1) is 13.7. The maximum absolute atomic E-state index is 12.7. The Labute approximate surface area is 171 Å². The lowest BCUT2D eigenvalue weighted by Gasteiger charge is -2.49. The first-order valence-electron chi connectivity index (χ1n) is 8.02. The molecule has 0 radical (unpaired) electrons. The molecule has 2 amide bonds. The molecule has 3 heterocycles. The van der Waals surface area contributed by atoms with E-state index in [-0.39, 0.29) is 22.2 Å². The predicted octanol–water partition coefficient (Wildman–Crippen LogP) is -0.711. The normalized spacial score (nSPS) is 21.3. The lowest BCUT2D eigenvalue weighted by Crippen LogP contribution is -2.71. The number of β-lactam (4-membered cyclic amide) rings is 1. The number of hydrogen-bond donors (Lipinski definition) is 4. The third-order valence-electron chi connectivity index (χ3n) is 3.97. The third-order valence-corrected chi connectivity index (χ3v) is 6.07. The van der Waals surface area contributed by atoms with E-state index in [1.54, 1.807) is 6.92 Å². The van der Waals surface area contributed by atoms with Crippen molar-refractivity contribution in [1.82, 2.24) is 15.2 Å². The zero-order valence-corrected chi connectivity index (χ0v) is 16.5. The Bertz CT molecular complexity index is 957. The number of aliphatic carboxylic acids is 2. The fraction of sp³-hybridized carbons (Fsp3) is 0.333. The van der Waals surface area contributed by atoms with Crippen molar-refractivity contribution in [2.45, 2.75) is 18.3 Å². The van der Waals surface area contributed by atoms with Gasteiger partial charge >= 0.3 is 11.9 Å². The molecule has 154 valence electrons. The number of rotatable bonds is 7. The van der Waals surface area contributed by atoms with Gasteiger partial charge in [0.2, 0.25) is 6.61 Å². The predicted molar refractivity (Wildman–Crippen MR) is 102 cm³/mol. The van der Waals surface area contributed by atoms with Crippen LogP contribution in [0.15, 0.2) is 21.8 Å². The van der Waals surface area contributed by atoms with Gasteiger partial charge in [0.15, 0.2) is 10.8 Å². The number of thioether (sulfide) groups is 1. The van der Waals surface area contributed by atoms with Crippen molar-refractivity contribution in [2.24, 2.45) is 5.16 Å². The third kappa shape index (κ3) is 4.02. The number of aromatic nitrogens is 1. The summed E-state index contributed by atoms with van der Waals surface area (Å²) in [6.07, 6.45) is 0. The van der Waals surface area contributed by atoms with Gasteiger partial charge in [-0.05, 0) is 12.5 Å². The second kappa shape index (κ2) is 8.08. The Morgan fingerprint density at radius 1 is 1.45 bits per heavy atom. The first kappa shape index (κ1) is 20.6.